The average molecular weight is 336 g/mol. The smallest absolute Gasteiger partial charge is 0.339 e. The topological polar surface area (TPSA) is 101 Å². The molecule has 0 fully saturated rings. The molecule has 0 aliphatic carbocycles. The molecule has 0 saturated heterocycles. The highest BCUT2D eigenvalue weighted by molar-refractivity contribution is 7.92. The predicted molar refractivity (Wildman–Crippen MR) is 83.4 cm³/mol. The molecule has 6 nitrogen and oxygen atoms in total. The summed E-state index contributed by atoms with van der Waals surface area (Å²) in [6.45, 7) is 2.76. The lowest BCUT2D eigenvalue weighted by atomic mass is 10.2. The maximum Gasteiger partial charge on any atom is 0.339 e. The first-order valence-corrected chi connectivity index (χ1v) is 8.18. The maximum absolute atomic E-state index is 12.7. The molecule has 2 aromatic rings. The standard InChI is InChI=1S/C16H16O6S/c1-16(2,23(20,21)12-6-4-3-5-7-12)22-11-8-9-14(17)13(10-11)15(18)19/h3-10,17H,1-2H3,(H,18,19). The number of hydrogen-bond acceptors (Lipinski definition) is 5. The van der Waals surface area contributed by atoms with Crippen molar-refractivity contribution in [1.82, 2.24) is 0 Å². The largest absolute Gasteiger partial charge is 0.507 e. The molecule has 0 aliphatic rings. The Hall–Kier alpha value is -2.54. The minimum absolute atomic E-state index is 0.0321. The first kappa shape index (κ1) is 16.8. The fraction of sp³-hybridized carbons (Fsp3) is 0.188. The summed E-state index contributed by atoms with van der Waals surface area (Å²) < 4.78 is 30.8. The second-order valence-electron chi connectivity index (χ2n) is 5.30. The van der Waals surface area contributed by atoms with Gasteiger partial charge in [0.05, 0.1) is 4.90 Å². The Labute approximate surface area is 133 Å². The van der Waals surface area contributed by atoms with E-state index in [0.717, 1.165) is 12.1 Å². The second-order valence-corrected chi connectivity index (χ2v) is 7.76. The number of ether oxygens (including phenoxy) is 1. The number of rotatable bonds is 5. The van der Waals surface area contributed by atoms with E-state index in [9.17, 15) is 18.3 Å². The fourth-order valence-corrected chi connectivity index (χ4v) is 3.26. The van der Waals surface area contributed by atoms with E-state index in [-0.39, 0.29) is 16.2 Å². The van der Waals surface area contributed by atoms with Gasteiger partial charge in [-0.2, -0.15) is 0 Å². The minimum atomic E-state index is -3.81. The normalized spacial score (nSPS) is 11.9. The summed E-state index contributed by atoms with van der Waals surface area (Å²) in [5.41, 5.74) is -0.365. The molecule has 0 atom stereocenters. The number of carboxylic acids is 1. The van der Waals surface area contributed by atoms with Crippen molar-refractivity contribution in [3.63, 3.8) is 0 Å². The van der Waals surface area contributed by atoms with E-state index in [0.29, 0.717) is 0 Å². The molecule has 0 aromatic heterocycles. The highest BCUT2D eigenvalue weighted by atomic mass is 32.2. The second kappa shape index (κ2) is 5.92. The third-order valence-electron chi connectivity index (χ3n) is 3.26. The van der Waals surface area contributed by atoms with Gasteiger partial charge in [-0.15, -0.1) is 0 Å². The first-order chi connectivity index (χ1) is 10.6. The van der Waals surface area contributed by atoms with Crippen molar-refractivity contribution in [2.45, 2.75) is 23.7 Å². The van der Waals surface area contributed by atoms with Gasteiger partial charge in [0, 0.05) is 0 Å². The van der Waals surface area contributed by atoms with Gasteiger partial charge in [0.2, 0.25) is 14.8 Å². The molecule has 2 aromatic carbocycles. The van der Waals surface area contributed by atoms with Crippen LogP contribution in [-0.2, 0) is 9.84 Å². The number of sulfone groups is 1. The third kappa shape index (κ3) is 3.29. The van der Waals surface area contributed by atoms with Gasteiger partial charge in [-0.1, -0.05) is 18.2 Å². The van der Waals surface area contributed by atoms with Gasteiger partial charge >= 0.3 is 5.97 Å². The Bertz CT molecular complexity index is 825. The summed E-state index contributed by atoms with van der Waals surface area (Å²) in [5, 5.41) is 18.5. The fourth-order valence-electron chi connectivity index (χ4n) is 1.97. The summed E-state index contributed by atoms with van der Waals surface area (Å²) in [4.78, 5) is 9.50. The molecule has 122 valence electrons. The van der Waals surface area contributed by atoms with Gasteiger partial charge in [-0.05, 0) is 44.2 Å². The quantitative estimate of drug-likeness (QED) is 0.870. The van der Waals surface area contributed by atoms with Crippen LogP contribution < -0.4 is 4.74 Å². The lowest BCUT2D eigenvalue weighted by molar-refractivity contribution is 0.0692. The van der Waals surface area contributed by atoms with Gasteiger partial charge in [-0.3, -0.25) is 0 Å². The highest BCUT2D eigenvalue weighted by Crippen LogP contribution is 2.31. The SMILES string of the molecule is CC(C)(Oc1ccc(O)c(C(=O)O)c1)S(=O)(=O)c1ccccc1. The molecule has 0 amide bonds. The van der Waals surface area contributed by atoms with Gasteiger partial charge in [-0.25, -0.2) is 13.2 Å². The van der Waals surface area contributed by atoms with Gasteiger partial charge in [0.15, 0.2) is 0 Å². The molecular formula is C16H16O6S. The number of carboxylic acid groups (broad SMARTS) is 1. The highest BCUT2D eigenvalue weighted by Gasteiger charge is 2.38. The summed E-state index contributed by atoms with van der Waals surface area (Å²) in [5.74, 6) is -1.73. The van der Waals surface area contributed by atoms with Crippen LogP contribution in [0, 0.1) is 0 Å². The summed E-state index contributed by atoms with van der Waals surface area (Å²) >= 11 is 0. The summed E-state index contributed by atoms with van der Waals surface area (Å²) in [7, 11) is -3.81. The van der Waals surface area contributed by atoms with E-state index < -0.39 is 26.5 Å². The molecule has 0 unspecified atom stereocenters. The van der Waals surface area contributed by atoms with Crippen molar-refractivity contribution in [3.8, 4) is 11.5 Å². The Morgan fingerprint density at radius 3 is 2.26 bits per heavy atom. The maximum atomic E-state index is 12.7. The molecule has 0 bridgehead atoms. The molecular weight excluding hydrogens is 320 g/mol. The van der Waals surface area contributed by atoms with Gasteiger partial charge in [0.1, 0.15) is 17.1 Å². The van der Waals surface area contributed by atoms with Crippen molar-refractivity contribution in [1.29, 1.82) is 0 Å². The molecule has 0 spiro atoms. The molecule has 0 saturated carbocycles. The van der Waals surface area contributed by atoms with Crippen molar-refractivity contribution in [3.05, 3.63) is 54.1 Å². The van der Waals surface area contributed by atoms with Crippen LogP contribution in [0.25, 0.3) is 0 Å². The number of aromatic carboxylic acids is 1. The Kier molecular flexibility index (Phi) is 4.33. The molecule has 2 N–H and O–H groups in total. The summed E-state index contributed by atoms with van der Waals surface area (Å²) in [6.07, 6.45) is 0. The van der Waals surface area contributed by atoms with Crippen molar-refractivity contribution in [2.24, 2.45) is 0 Å². The average Bonchev–Trinajstić information content (AvgIpc) is 2.49. The zero-order valence-corrected chi connectivity index (χ0v) is 13.4. The molecule has 23 heavy (non-hydrogen) atoms. The van der Waals surface area contributed by atoms with Gasteiger partial charge in [0.25, 0.3) is 0 Å². The van der Waals surface area contributed by atoms with Crippen molar-refractivity contribution < 1.29 is 28.2 Å². The monoisotopic (exact) mass is 336 g/mol. The predicted octanol–water partition coefficient (Wildman–Crippen LogP) is 2.68. The van der Waals surface area contributed by atoms with Gasteiger partial charge < -0.3 is 14.9 Å². The van der Waals surface area contributed by atoms with Crippen LogP contribution in [0.5, 0.6) is 11.5 Å². The summed E-state index contributed by atoms with van der Waals surface area (Å²) in [6, 6.07) is 11.4. The number of benzene rings is 2. The van der Waals surface area contributed by atoms with E-state index in [4.69, 9.17) is 9.84 Å². The third-order valence-corrected chi connectivity index (χ3v) is 5.53. The first-order valence-electron chi connectivity index (χ1n) is 6.70. The van der Waals surface area contributed by atoms with E-state index in [1.54, 1.807) is 18.2 Å². The lowest BCUT2D eigenvalue weighted by Gasteiger charge is -2.26. The van der Waals surface area contributed by atoms with Crippen LogP contribution in [0.3, 0.4) is 0 Å². The van der Waals surface area contributed by atoms with Crippen LogP contribution in [0.1, 0.15) is 24.2 Å². The van der Waals surface area contributed by atoms with Crippen LogP contribution in [-0.4, -0.2) is 29.5 Å². The van der Waals surface area contributed by atoms with E-state index in [1.807, 2.05) is 0 Å². The molecule has 0 radical (unpaired) electrons. The Balaban J connectivity index is 2.39. The van der Waals surface area contributed by atoms with Crippen molar-refractivity contribution in [2.75, 3.05) is 0 Å². The number of phenols is 1. The molecule has 2 rings (SSSR count). The number of aromatic hydroxyl groups is 1. The van der Waals surface area contributed by atoms with E-state index in [2.05, 4.69) is 0 Å². The zero-order valence-electron chi connectivity index (χ0n) is 12.6. The Morgan fingerprint density at radius 2 is 1.70 bits per heavy atom. The zero-order chi connectivity index (χ0) is 17.3. The van der Waals surface area contributed by atoms with E-state index in [1.165, 1.54) is 32.0 Å². The van der Waals surface area contributed by atoms with Crippen LogP contribution in [0.2, 0.25) is 0 Å². The number of carbonyl (C=O) groups is 1. The molecule has 0 heterocycles. The Morgan fingerprint density at radius 1 is 1.09 bits per heavy atom. The minimum Gasteiger partial charge on any atom is -0.507 e. The number of hydrogen-bond donors (Lipinski definition) is 2. The van der Waals surface area contributed by atoms with Crippen LogP contribution >= 0.6 is 0 Å². The van der Waals surface area contributed by atoms with Crippen LogP contribution in [0.4, 0.5) is 0 Å². The molecule has 7 heteroatoms. The van der Waals surface area contributed by atoms with Crippen LogP contribution in [0.15, 0.2) is 53.4 Å². The molecule has 0 aliphatic heterocycles. The lowest BCUT2D eigenvalue weighted by Crippen LogP contribution is -2.38. The van der Waals surface area contributed by atoms with E-state index >= 15 is 0 Å². The van der Waals surface area contributed by atoms with Crippen molar-refractivity contribution >= 4 is 15.8 Å².